The number of nitro benzene ring substituents is 1. The Balaban J connectivity index is 1.59. The van der Waals surface area contributed by atoms with E-state index >= 15 is 0 Å². The van der Waals surface area contributed by atoms with Crippen LogP contribution in [0.5, 0.6) is 11.6 Å². The predicted octanol–water partition coefficient (Wildman–Crippen LogP) is 5.85. The van der Waals surface area contributed by atoms with Gasteiger partial charge in [0, 0.05) is 21.7 Å². The molecule has 184 valence electrons. The van der Waals surface area contributed by atoms with Gasteiger partial charge in [-0.15, -0.1) is 5.10 Å². The summed E-state index contributed by atoms with van der Waals surface area (Å²) >= 11 is 3.53. The van der Waals surface area contributed by atoms with Crippen molar-refractivity contribution < 1.29 is 14.1 Å². The largest absolute Gasteiger partial charge is 0.437 e. The van der Waals surface area contributed by atoms with Gasteiger partial charge < -0.3 is 9.15 Å². The van der Waals surface area contributed by atoms with Crippen LogP contribution < -0.4 is 10.4 Å². The molecule has 0 radical (unpaired) electrons. The van der Waals surface area contributed by atoms with Crippen LogP contribution in [0.2, 0.25) is 0 Å². The van der Waals surface area contributed by atoms with E-state index in [0.29, 0.717) is 28.0 Å². The molecule has 10 nitrogen and oxygen atoms in total. The van der Waals surface area contributed by atoms with E-state index in [1.807, 2.05) is 24.3 Å². The van der Waals surface area contributed by atoms with Crippen LogP contribution in [-0.2, 0) is 0 Å². The number of hydrogen-bond donors (Lipinski definition) is 0. The predicted molar refractivity (Wildman–Crippen MR) is 141 cm³/mol. The van der Waals surface area contributed by atoms with Gasteiger partial charge >= 0.3 is 5.63 Å². The van der Waals surface area contributed by atoms with Gasteiger partial charge in [-0.3, -0.25) is 10.1 Å². The van der Waals surface area contributed by atoms with E-state index in [0.717, 1.165) is 10.0 Å². The summed E-state index contributed by atoms with van der Waals surface area (Å²) < 4.78 is 14.2. The van der Waals surface area contributed by atoms with E-state index < -0.39 is 16.5 Å². The van der Waals surface area contributed by atoms with Crippen LogP contribution in [0.1, 0.15) is 22.6 Å². The van der Waals surface area contributed by atoms with Crippen LogP contribution in [0.3, 0.4) is 0 Å². The van der Waals surface area contributed by atoms with Gasteiger partial charge in [0.05, 0.1) is 27.4 Å². The normalized spacial score (nSPS) is 14.2. The number of aromatic nitrogens is 4. The third kappa shape index (κ3) is 3.25. The van der Waals surface area contributed by atoms with Crippen molar-refractivity contribution in [1.82, 2.24) is 19.6 Å². The second kappa shape index (κ2) is 8.32. The molecule has 0 fully saturated rings. The molecule has 4 heterocycles. The first kappa shape index (κ1) is 22.3. The lowest BCUT2D eigenvalue weighted by atomic mass is 9.83. The number of benzene rings is 3. The lowest BCUT2D eigenvalue weighted by Crippen LogP contribution is -2.23. The maximum atomic E-state index is 13.5. The minimum absolute atomic E-state index is 0.130. The molecule has 0 aliphatic carbocycles. The molecule has 0 N–H and O–H groups in total. The average molecular weight is 568 g/mol. The molecule has 6 aromatic rings. The van der Waals surface area contributed by atoms with E-state index in [9.17, 15) is 14.9 Å². The molecule has 0 bridgehead atoms. The van der Waals surface area contributed by atoms with Gasteiger partial charge in [-0.05, 0) is 24.3 Å². The summed E-state index contributed by atoms with van der Waals surface area (Å²) in [5.74, 6) is -0.126. The molecule has 1 aliphatic rings. The molecule has 3 aromatic heterocycles. The Labute approximate surface area is 221 Å². The van der Waals surface area contributed by atoms with Crippen LogP contribution in [0.4, 0.5) is 5.69 Å². The highest BCUT2D eigenvalue weighted by Gasteiger charge is 2.40. The molecule has 38 heavy (non-hydrogen) atoms. The molecule has 0 saturated carbocycles. The Morgan fingerprint density at radius 3 is 2.58 bits per heavy atom. The molecule has 0 spiro atoms. The SMILES string of the molecule is O=c1oc2ccccc2c2c1C(c1ccccc1[N+](=O)[O-])c1c(ncn3nc(-c4ccccc4Br)nc13)O2. The quantitative estimate of drug-likeness (QED) is 0.148. The van der Waals surface area contributed by atoms with E-state index in [1.165, 1.54) is 16.9 Å². The topological polar surface area (TPSA) is 126 Å². The smallest absolute Gasteiger partial charge is 0.344 e. The third-order valence-electron chi connectivity index (χ3n) is 6.52. The number of nitro groups is 1. The van der Waals surface area contributed by atoms with Gasteiger partial charge in [0.2, 0.25) is 5.88 Å². The molecule has 7 rings (SSSR count). The fourth-order valence-corrected chi connectivity index (χ4v) is 5.36. The highest BCUT2D eigenvalue weighted by Crippen LogP contribution is 2.50. The second-order valence-electron chi connectivity index (χ2n) is 8.63. The molecule has 0 amide bonds. The van der Waals surface area contributed by atoms with Crippen LogP contribution in [-0.4, -0.2) is 24.5 Å². The van der Waals surface area contributed by atoms with Crippen molar-refractivity contribution in [3.05, 3.63) is 121 Å². The van der Waals surface area contributed by atoms with Gasteiger partial charge in [-0.25, -0.2) is 19.3 Å². The van der Waals surface area contributed by atoms with E-state index in [-0.39, 0.29) is 28.4 Å². The molecule has 11 heteroatoms. The van der Waals surface area contributed by atoms with Crippen molar-refractivity contribution in [2.45, 2.75) is 5.92 Å². The fourth-order valence-electron chi connectivity index (χ4n) is 4.89. The van der Waals surface area contributed by atoms with Gasteiger partial charge in [0.25, 0.3) is 5.69 Å². The Bertz CT molecular complexity index is 2000. The van der Waals surface area contributed by atoms with Crippen LogP contribution >= 0.6 is 15.9 Å². The summed E-state index contributed by atoms with van der Waals surface area (Å²) in [4.78, 5) is 34.4. The van der Waals surface area contributed by atoms with E-state index in [2.05, 4.69) is 26.0 Å². The number of ether oxygens (including phenoxy) is 1. The van der Waals surface area contributed by atoms with Gasteiger partial charge in [0.1, 0.15) is 11.9 Å². The minimum atomic E-state index is -0.955. The number of nitrogens with zero attached hydrogens (tertiary/aromatic N) is 5. The molecule has 1 unspecified atom stereocenters. The van der Waals surface area contributed by atoms with Gasteiger partial charge in [-0.2, -0.15) is 0 Å². The minimum Gasteiger partial charge on any atom is -0.437 e. The third-order valence-corrected chi connectivity index (χ3v) is 7.21. The molecule has 1 aliphatic heterocycles. The Hall–Kier alpha value is -4.90. The van der Waals surface area contributed by atoms with Crippen molar-refractivity contribution in [2.75, 3.05) is 0 Å². The monoisotopic (exact) mass is 567 g/mol. The number of fused-ring (bicyclic) bond motifs is 6. The summed E-state index contributed by atoms with van der Waals surface area (Å²) in [5, 5.41) is 17.2. The maximum Gasteiger partial charge on any atom is 0.344 e. The summed E-state index contributed by atoms with van der Waals surface area (Å²) in [6.45, 7) is 0. The zero-order valence-electron chi connectivity index (χ0n) is 19.2. The zero-order chi connectivity index (χ0) is 26.0. The van der Waals surface area contributed by atoms with Crippen molar-refractivity contribution in [2.24, 2.45) is 0 Å². The first-order chi connectivity index (χ1) is 18.5. The van der Waals surface area contributed by atoms with Gasteiger partial charge in [0.15, 0.2) is 17.2 Å². The summed E-state index contributed by atoms with van der Waals surface area (Å²) in [5.41, 5.74) is 1.40. The van der Waals surface area contributed by atoms with Crippen molar-refractivity contribution in [1.29, 1.82) is 0 Å². The fraction of sp³-hybridized carbons (Fsp3) is 0.0370. The first-order valence-electron chi connectivity index (χ1n) is 11.5. The Kier molecular flexibility index (Phi) is 4.88. The Morgan fingerprint density at radius 1 is 0.974 bits per heavy atom. The molecule has 0 saturated heterocycles. The molecule has 3 aromatic carbocycles. The van der Waals surface area contributed by atoms with Crippen LogP contribution in [0.15, 0.2) is 92.8 Å². The summed E-state index contributed by atoms with van der Waals surface area (Å²) in [7, 11) is 0. The second-order valence-corrected chi connectivity index (χ2v) is 9.48. The van der Waals surface area contributed by atoms with Crippen LogP contribution in [0, 0.1) is 10.1 Å². The Morgan fingerprint density at radius 2 is 1.74 bits per heavy atom. The summed E-state index contributed by atoms with van der Waals surface area (Å²) in [6, 6.07) is 20.7. The molecular weight excluding hydrogens is 554 g/mol. The van der Waals surface area contributed by atoms with Gasteiger partial charge in [-0.1, -0.05) is 58.4 Å². The number of para-hydroxylation sites is 2. The standard InChI is InChI=1S/C27H14BrN5O5/c28-17-10-4-1-7-14(17)24-30-25-22-20(15-8-2-5-11-18(15)33(35)36)21-23(38-26(22)29-13-32(25)31-24)16-9-3-6-12-19(16)37-27(21)34/h1-13,20H. The lowest BCUT2D eigenvalue weighted by molar-refractivity contribution is -0.385. The summed E-state index contributed by atoms with van der Waals surface area (Å²) in [6.07, 6.45) is 1.47. The zero-order valence-corrected chi connectivity index (χ0v) is 20.8. The van der Waals surface area contributed by atoms with Crippen molar-refractivity contribution >= 4 is 38.2 Å². The van der Waals surface area contributed by atoms with Crippen LogP contribution in [0.25, 0.3) is 28.0 Å². The first-order valence-corrected chi connectivity index (χ1v) is 12.3. The molecule has 1 atom stereocenters. The van der Waals surface area contributed by atoms with Crippen molar-refractivity contribution in [3.8, 4) is 23.0 Å². The maximum absolute atomic E-state index is 13.5. The highest BCUT2D eigenvalue weighted by molar-refractivity contribution is 9.10. The molecular formula is C27H14BrN5O5. The van der Waals surface area contributed by atoms with E-state index in [4.69, 9.17) is 14.1 Å². The number of rotatable bonds is 3. The highest BCUT2D eigenvalue weighted by atomic mass is 79.9. The lowest BCUT2D eigenvalue weighted by Gasteiger charge is -2.27. The van der Waals surface area contributed by atoms with Crippen molar-refractivity contribution in [3.63, 3.8) is 0 Å². The number of halogens is 1. The average Bonchev–Trinajstić information content (AvgIpc) is 3.36. The van der Waals surface area contributed by atoms with E-state index in [1.54, 1.807) is 42.5 Å². The number of hydrogen-bond acceptors (Lipinski definition) is 8.